The highest BCUT2D eigenvalue weighted by atomic mass is 35.5. The quantitative estimate of drug-likeness (QED) is 0.737. The number of nitrogens with one attached hydrogen (secondary N) is 2. The molecule has 2 rings (SSSR count). The maximum absolute atomic E-state index is 12.7. The van der Waals surface area contributed by atoms with Crippen molar-refractivity contribution in [3.8, 4) is 0 Å². The normalized spacial score (nSPS) is 15.5. The van der Waals surface area contributed by atoms with Gasteiger partial charge in [0.05, 0.1) is 12.1 Å². The third kappa shape index (κ3) is 7.09. The van der Waals surface area contributed by atoms with Crippen LogP contribution >= 0.6 is 12.4 Å². The molecule has 1 amide bonds. The maximum atomic E-state index is 12.7. The summed E-state index contributed by atoms with van der Waals surface area (Å²) in [5.74, 6) is 0.614. The van der Waals surface area contributed by atoms with Crippen LogP contribution in [0.3, 0.4) is 0 Å². The minimum atomic E-state index is -4.32. The van der Waals surface area contributed by atoms with Gasteiger partial charge in [0.2, 0.25) is 5.91 Å². The first-order chi connectivity index (χ1) is 10.9. The molecule has 1 saturated carbocycles. The van der Waals surface area contributed by atoms with Crippen LogP contribution in [0.4, 0.5) is 13.2 Å². The smallest absolute Gasteiger partial charge is 0.355 e. The third-order valence-corrected chi connectivity index (χ3v) is 4.10. The van der Waals surface area contributed by atoms with E-state index in [1.165, 1.54) is 25.0 Å². The first-order valence-electron chi connectivity index (χ1n) is 8.01. The van der Waals surface area contributed by atoms with Gasteiger partial charge in [-0.15, -0.1) is 12.4 Å². The molecule has 1 aliphatic rings. The molecule has 0 radical (unpaired) electrons. The summed E-state index contributed by atoms with van der Waals surface area (Å²) in [5, 5.41) is 5.90. The summed E-state index contributed by atoms with van der Waals surface area (Å²) < 4.78 is 38.1. The lowest BCUT2D eigenvalue weighted by Gasteiger charge is -2.15. The van der Waals surface area contributed by atoms with Crippen molar-refractivity contribution in [2.45, 2.75) is 38.3 Å². The van der Waals surface area contributed by atoms with Gasteiger partial charge in [0.1, 0.15) is 0 Å². The SMILES string of the molecule is CC(CCNC(=O)CNCC1CC1)c1cccc(C(F)(F)F)c1.Cl. The average molecular weight is 365 g/mol. The molecule has 0 heterocycles. The highest BCUT2D eigenvalue weighted by Crippen LogP contribution is 2.31. The van der Waals surface area contributed by atoms with Crippen molar-refractivity contribution in [1.82, 2.24) is 10.6 Å². The molecule has 7 heteroatoms. The molecular weight excluding hydrogens is 341 g/mol. The van der Waals surface area contributed by atoms with Gasteiger partial charge in [0, 0.05) is 6.54 Å². The van der Waals surface area contributed by atoms with Crippen LogP contribution in [0.25, 0.3) is 0 Å². The van der Waals surface area contributed by atoms with Gasteiger partial charge >= 0.3 is 6.18 Å². The minimum Gasteiger partial charge on any atom is -0.355 e. The summed E-state index contributed by atoms with van der Waals surface area (Å²) in [6, 6.07) is 5.38. The molecule has 136 valence electrons. The second-order valence-electron chi connectivity index (χ2n) is 6.24. The molecule has 0 spiro atoms. The molecule has 0 aromatic heterocycles. The predicted octanol–water partition coefficient (Wildman–Crippen LogP) is 3.74. The second-order valence-corrected chi connectivity index (χ2v) is 6.24. The van der Waals surface area contributed by atoms with E-state index in [4.69, 9.17) is 0 Å². The highest BCUT2D eigenvalue weighted by molar-refractivity contribution is 5.85. The maximum Gasteiger partial charge on any atom is 0.416 e. The standard InChI is InChI=1S/C17H23F3N2O.ClH/c1-12(14-3-2-4-15(9-14)17(18,19)20)7-8-22-16(23)11-21-10-13-5-6-13;/h2-4,9,12-13,21H,5-8,10-11H2,1H3,(H,22,23);1H. The van der Waals surface area contributed by atoms with Crippen LogP contribution in [0.2, 0.25) is 0 Å². The number of alkyl halides is 3. The van der Waals surface area contributed by atoms with E-state index < -0.39 is 11.7 Å². The number of hydrogen-bond donors (Lipinski definition) is 2. The molecule has 2 N–H and O–H groups in total. The molecule has 0 bridgehead atoms. The number of hydrogen-bond acceptors (Lipinski definition) is 2. The van der Waals surface area contributed by atoms with E-state index in [2.05, 4.69) is 10.6 Å². The van der Waals surface area contributed by atoms with Gasteiger partial charge in [0.25, 0.3) is 0 Å². The Morgan fingerprint density at radius 2 is 2.04 bits per heavy atom. The Balaban J connectivity index is 0.00000288. The number of benzene rings is 1. The van der Waals surface area contributed by atoms with Gasteiger partial charge in [-0.3, -0.25) is 4.79 Å². The van der Waals surface area contributed by atoms with Crippen LogP contribution in [-0.4, -0.2) is 25.5 Å². The predicted molar refractivity (Wildman–Crippen MR) is 90.3 cm³/mol. The largest absolute Gasteiger partial charge is 0.416 e. The highest BCUT2D eigenvalue weighted by Gasteiger charge is 2.30. The van der Waals surface area contributed by atoms with E-state index in [9.17, 15) is 18.0 Å². The topological polar surface area (TPSA) is 41.1 Å². The van der Waals surface area contributed by atoms with Gasteiger partial charge in [-0.25, -0.2) is 0 Å². The van der Waals surface area contributed by atoms with Gasteiger partial charge in [-0.2, -0.15) is 13.2 Å². The van der Waals surface area contributed by atoms with Crippen LogP contribution in [0, 0.1) is 5.92 Å². The van der Waals surface area contributed by atoms with Crippen LogP contribution in [-0.2, 0) is 11.0 Å². The fourth-order valence-corrected chi connectivity index (χ4v) is 2.39. The Labute approximate surface area is 146 Å². The molecule has 1 unspecified atom stereocenters. The lowest BCUT2D eigenvalue weighted by Crippen LogP contribution is -2.35. The number of carbonyl (C=O) groups is 1. The Bertz CT molecular complexity index is 533. The van der Waals surface area contributed by atoms with Gasteiger partial charge in [0.15, 0.2) is 0 Å². The van der Waals surface area contributed by atoms with Crippen molar-refractivity contribution >= 4 is 18.3 Å². The summed E-state index contributed by atoms with van der Waals surface area (Å²) in [4.78, 5) is 11.6. The summed E-state index contributed by atoms with van der Waals surface area (Å²) in [7, 11) is 0. The van der Waals surface area contributed by atoms with Crippen LogP contribution in [0.5, 0.6) is 0 Å². The van der Waals surface area contributed by atoms with Gasteiger partial charge in [-0.1, -0.05) is 25.1 Å². The molecule has 0 saturated heterocycles. The van der Waals surface area contributed by atoms with Gasteiger partial charge in [-0.05, 0) is 49.3 Å². The lowest BCUT2D eigenvalue weighted by atomic mass is 9.96. The molecular formula is C17H24ClF3N2O. The molecule has 3 nitrogen and oxygen atoms in total. The van der Waals surface area contributed by atoms with Crippen molar-refractivity contribution in [2.75, 3.05) is 19.6 Å². The monoisotopic (exact) mass is 364 g/mol. The number of carbonyl (C=O) groups excluding carboxylic acids is 1. The Morgan fingerprint density at radius 1 is 1.33 bits per heavy atom. The van der Waals surface area contributed by atoms with E-state index >= 15 is 0 Å². The van der Waals surface area contributed by atoms with Gasteiger partial charge < -0.3 is 10.6 Å². The molecule has 1 aromatic rings. The summed E-state index contributed by atoms with van der Waals surface area (Å²) in [6.07, 6.45) is -1.24. The summed E-state index contributed by atoms with van der Waals surface area (Å²) >= 11 is 0. The Hall–Kier alpha value is -1.27. The molecule has 1 fully saturated rings. The van der Waals surface area contributed by atoms with Crippen molar-refractivity contribution in [3.63, 3.8) is 0 Å². The van der Waals surface area contributed by atoms with Crippen LogP contribution < -0.4 is 10.6 Å². The van der Waals surface area contributed by atoms with Crippen LogP contribution in [0.1, 0.15) is 43.2 Å². The molecule has 1 aromatic carbocycles. The average Bonchev–Trinajstić information content (AvgIpc) is 3.30. The fourth-order valence-electron chi connectivity index (χ4n) is 2.39. The second kappa shape index (κ2) is 9.28. The van der Waals surface area contributed by atoms with Crippen molar-refractivity contribution in [3.05, 3.63) is 35.4 Å². The molecule has 0 aliphatic heterocycles. The van der Waals surface area contributed by atoms with E-state index in [1.54, 1.807) is 6.07 Å². The van der Waals surface area contributed by atoms with E-state index in [0.29, 0.717) is 25.1 Å². The first-order valence-corrected chi connectivity index (χ1v) is 8.01. The van der Waals surface area contributed by atoms with Crippen LogP contribution in [0.15, 0.2) is 24.3 Å². The lowest BCUT2D eigenvalue weighted by molar-refractivity contribution is -0.137. The first kappa shape index (κ1) is 20.8. The molecule has 24 heavy (non-hydrogen) atoms. The third-order valence-electron chi connectivity index (χ3n) is 4.10. The van der Waals surface area contributed by atoms with Crippen molar-refractivity contribution in [1.29, 1.82) is 0 Å². The Morgan fingerprint density at radius 3 is 2.67 bits per heavy atom. The summed E-state index contributed by atoms with van der Waals surface area (Å²) in [6.45, 7) is 3.51. The zero-order valence-corrected chi connectivity index (χ0v) is 14.5. The minimum absolute atomic E-state index is 0. The Kier molecular flexibility index (Phi) is 8.03. The number of halogens is 4. The number of amides is 1. The summed E-state index contributed by atoms with van der Waals surface area (Å²) in [5.41, 5.74) is 0.0103. The fraction of sp³-hybridized carbons (Fsp3) is 0.588. The molecule has 1 aliphatic carbocycles. The van der Waals surface area contributed by atoms with Crippen molar-refractivity contribution in [2.24, 2.45) is 5.92 Å². The van der Waals surface area contributed by atoms with E-state index in [-0.39, 0.29) is 24.2 Å². The van der Waals surface area contributed by atoms with E-state index in [1.807, 2.05) is 6.92 Å². The zero-order chi connectivity index (χ0) is 16.9. The molecule has 1 atom stereocenters. The van der Waals surface area contributed by atoms with E-state index in [0.717, 1.165) is 18.5 Å². The van der Waals surface area contributed by atoms with Crippen molar-refractivity contribution < 1.29 is 18.0 Å². The zero-order valence-electron chi connectivity index (χ0n) is 13.7. The number of rotatable bonds is 8.